The van der Waals surface area contributed by atoms with E-state index in [0.717, 1.165) is 13.0 Å². The summed E-state index contributed by atoms with van der Waals surface area (Å²) < 4.78 is 1.27. The third-order valence-electron chi connectivity index (χ3n) is 3.06. The summed E-state index contributed by atoms with van der Waals surface area (Å²) in [4.78, 5) is 22.4. The predicted molar refractivity (Wildman–Crippen MR) is 64.1 cm³/mol. The van der Waals surface area contributed by atoms with Crippen LogP contribution >= 0.6 is 0 Å². The Morgan fingerprint density at radius 2 is 2.44 bits per heavy atom. The minimum absolute atomic E-state index is 0.0483. The number of nitrogens with one attached hydrogen (secondary N) is 2. The highest BCUT2D eigenvalue weighted by molar-refractivity contribution is 5.93. The van der Waals surface area contributed by atoms with Crippen LogP contribution in [0, 0.1) is 5.92 Å². The van der Waals surface area contributed by atoms with Crippen molar-refractivity contribution in [3.05, 3.63) is 12.4 Å². The Labute approximate surface area is 104 Å². The quantitative estimate of drug-likeness (QED) is 0.695. The third-order valence-corrected chi connectivity index (χ3v) is 3.06. The molecule has 2 heterocycles. The number of aromatic nitrogens is 2. The van der Waals surface area contributed by atoms with Crippen molar-refractivity contribution in [2.45, 2.75) is 25.9 Å². The number of nitrogens with zero attached hydrogens (tertiary/aromatic N) is 2. The Kier molecular flexibility index (Phi) is 3.61. The zero-order valence-corrected chi connectivity index (χ0v) is 10.1. The maximum atomic E-state index is 12.0. The molecule has 3 N–H and O–H groups in total. The van der Waals surface area contributed by atoms with Gasteiger partial charge in [-0.25, -0.2) is 0 Å². The molecule has 1 aromatic rings. The second-order valence-corrected chi connectivity index (χ2v) is 4.45. The van der Waals surface area contributed by atoms with Crippen LogP contribution in [0.2, 0.25) is 0 Å². The van der Waals surface area contributed by atoms with E-state index in [1.54, 1.807) is 0 Å². The molecule has 0 aromatic carbocycles. The standard InChI is InChI=1S/C11H16N4O3/c1-7-9(2-3-12-7)11(18)14-8-4-13-15(5-8)6-10(16)17/h4-5,7,9,12H,2-3,6H2,1H3,(H,14,18)(H,16,17). The number of carbonyl (C=O) groups is 2. The summed E-state index contributed by atoms with van der Waals surface area (Å²) in [6.07, 6.45) is 3.78. The minimum atomic E-state index is -0.968. The van der Waals surface area contributed by atoms with Gasteiger partial charge in [-0.2, -0.15) is 5.10 Å². The Bertz CT molecular complexity index is 457. The average Bonchev–Trinajstić information content (AvgIpc) is 2.87. The van der Waals surface area contributed by atoms with Crippen molar-refractivity contribution in [1.29, 1.82) is 0 Å². The van der Waals surface area contributed by atoms with Crippen LogP contribution in [-0.2, 0) is 16.1 Å². The second kappa shape index (κ2) is 5.18. The van der Waals surface area contributed by atoms with E-state index >= 15 is 0 Å². The molecular formula is C11H16N4O3. The number of rotatable bonds is 4. The first-order valence-electron chi connectivity index (χ1n) is 5.85. The Morgan fingerprint density at radius 1 is 1.67 bits per heavy atom. The van der Waals surface area contributed by atoms with Gasteiger partial charge in [0.1, 0.15) is 6.54 Å². The Hall–Kier alpha value is -1.89. The van der Waals surface area contributed by atoms with Crippen molar-refractivity contribution in [2.24, 2.45) is 5.92 Å². The number of hydrogen-bond donors (Lipinski definition) is 3. The van der Waals surface area contributed by atoms with Crippen LogP contribution in [0.25, 0.3) is 0 Å². The van der Waals surface area contributed by atoms with Gasteiger partial charge >= 0.3 is 5.97 Å². The van der Waals surface area contributed by atoms with Gasteiger partial charge in [0.15, 0.2) is 0 Å². The lowest BCUT2D eigenvalue weighted by Crippen LogP contribution is -2.31. The van der Waals surface area contributed by atoms with E-state index in [9.17, 15) is 9.59 Å². The van der Waals surface area contributed by atoms with Crippen molar-refractivity contribution >= 4 is 17.6 Å². The van der Waals surface area contributed by atoms with Crippen molar-refractivity contribution < 1.29 is 14.7 Å². The summed E-state index contributed by atoms with van der Waals surface area (Å²) in [5.41, 5.74) is 0.528. The lowest BCUT2D eigenvalue weighted by molar-refractivity contribution is -0.137. The first-order valence-corrected chi connectivity index (χ1v) is 5.85. The van der Waals surface area contributed by atoms with Crippen molar-refractivity contribution in [3.8, 4) is 0 Å². The van der Waals surface area contributed by atoms with Gasteiger partial charge in [0, 0.05) is 12.2 Å². The van der Waals surface area contributed by atoms with Gasteiger partial charge in [-0.15, -0.1) is 0 Å². The summed E-state index contributed by atoms with van der Waals surface area (Å²) in [6, 6.07) is 0.166. The first-order chi connectivity index (χ1) is 8.56. The zero-order valence-electron chi connectivity index (χ0n) is 10.1. The molecule has 2 rings (SSSR count). The number of amides is 1. The smallest absolute Gasteiger partial charge is 0.325 e. The van der Waals surface area contributed by atoms with Gasteiger partial charge < -0.3 is 15.7 Å². The average molecular weight is 252 g/mol. The largest absolute Gasteiger partial charge is 0.480 e. The molecule has 0 saturated carbocycles. The van der Waals surface area contributed by atoms with Gasteiger partial charge in [-0.1, -0.05) is 0 Å². The van der Waals surface area contributed by atoms with Crippen LogP contribution < -0.4 is 10.6 Å². The molecule has 0 spiro atoms. The molecule has 1 aliphatic rings. The molecule has 2 atom stereocenters. The molecule has 1 amide bonds. The van der Waals surface area contributed by atoms with Gasteiger partial charge in [-0.3, -0.25) is 14.3 Å². The van der Waals surface area contributed by atoms with Crippen LogP contribution in [0.4, 0.5) is 5.69 Å². The summed E-state index contributed by atoms with van der Waals surface area (Å²) in [5, 5.41) is 18.4. The van der Waals surface area contributed by atoms with Gasteiger partial charge in [-0.05, 0) is 19.9 Å². The molecule has 1 fully saturated rings. The van der Waals surface area contributed by atoms with Gasteiger partial charge in [0.25, 0.3) is 0 Å². The lowest BCUT2D eigenvalue weighted by Gasteiger charge is -2.13. The number of carboxylic acids is 1. The normalized spacial score (nSPS) is 22.9. The fraction of sp³-hybridized carbons (Fsp3) is 0.545. The highest BCUT2D eigenvalue weighted by Gasteiger charge is 2.29. The van der Waals surface area contributed by atoms with Crippen LogP contribution in [0.3, 0.4) is 0 Å². The maximum absolute atomic E-state index is 12.0. The molecule has 2 unspecified atom stereocenters. The van der Waals surface area contributed by atoms with Crippen molar-refractivity contribution in [2.75, 3.05) is 11.9 Å². The molecule has 0 radical (unpaired) electrons. The first kappa shape index (κ1) is 12.6. The van der Waals surface area contributed by atoms with E-state index in [1.165, 1.54) is 17.1 Å². The van der Waals surface area contributed by atoms with Crippen molar-refractivity contribution in [3.63, 3.8) is 0 Å². The van der Waals surface area contributed by atoms with E-state index < -0.39 is 5.97 Å². The molecule has 0 aliphatic carbocycles. The van der Waals surface area contributed by atoms with Crippen LogP contribution in [-0.4, -0.2) is 39.4 Å². The SMILES string of the molecule is CC1NCCC1C(=O)Nc1cnn(CC(=O)O)c1. The predicted octanol–water partition coefficient (Wildman–Crippen LogP) is -0.0958. The molecule has 98 valence electrons. The number of carboxylic acid groups (broad SMARTS) is 1. The minimum Gasteiger partial charge on any atom is -0.480 e. The topological polar surface area (TPSA) is 96.3 Å². The van der Waals surface area contributed by atoms with Crippen LogP contribution in [0.15, 0.2) is 12.4 Å². The fourth-order valence-electron chi connectivity index (χ4n) is 2.11. The number of hydrogen-bond acceptors (Lipinski definition) is 4. The number of aliphatic carboxylic acids is 1. The summed E-state index contributed by atoms with van der Waals surface area (Å²) >= 11 is 0. The monoisotopic (exact) mass is 252 g/mol. The maximum Gasteiger partial charge on any atom is 0.325 e. The van der Waals surface area contributed by atoms with Gasteiger partial charge in [0.05, 0.1) is 17.8 Å². The fourth-order valence-corrected chi connectivity index (χ4v) is 2.11. The highest BCUT2D eigenvalue weighted by Crippen LogP contribution is 2.17. The van der Waals surface area contributed by atoms with Crippen LogP contribution in [0.1, 0.15) is 13.3 Å². The summed E-state index contributed by atoms with van der Waals surface area (Å²) in [6.45, 7) is 2.61. The van der Waals surface area contributed by atoms with E-state index in [1.807, 2.05) is 6.92 Å². The summed E-state index contributed by atoms with van der Waals surface area (Å²) in [5.74, 6) is -1.07. The van der Waals surface area contributed by atoms with E-state index in [0.29, 0.717) is 5.69 Å². The number of carbonyl (C=O) groups excluding carboxylic acids is 1. The molecular weight excluding hydrogens is 236 g/mol. The third kappa shape index (κ3) is 2.86. The molecule has 7 nitrogen and oxygen atoms in total. The molecule has 18 heavy (non-hydrogen) atoms. The molecule has 7 heteroatoms. The van der Waals surface area contributed by atoms with Crippen LogP contribution in [0.5, 0.6) is 0 Å². The van der Waals surface area contributed by atoms with E-state index in [4.69, 9.17) is 5.11 Å². The number of anilines is 1. The molecule has 1 aliphatic heterocycles. The second-order valence-electron chi connectivity index (χ2n) is 4.45. The zero-order chi connectivity index (χ0) is 13.1. The highest BCUT2D eigenvalue weighted by atomic mass is 16.4. The molecule has 1 saturated heterocycles. The van der Waals surface area contributed by atoms with E-state index in [2.05, 4.69) is 15.7 Å². The molecule has 1 aromatic heterocycles. The van der Waals surface area contributed by atoms with E-state index in [-0.39, 0.29) is 24.4 Å². The van der Waals surface area contributed by atoms with Crippen molar-refractivity contribution in [1.82, 2.24) is 15.1 Å². The van der Waals surface area contributed by atoms with Gasteiger partial charge in [0.2, 0.25) is 5.91 Å². The Morgan fingerprint density at radius 3 is 3.06 bits per heavy atom. The molecule has 0 bridgehead atoms. The summed E-state index contributed by atoms with van der Waals surface area (Å²) in [7, 11) is 0. The Balaban J connectivity index is 1.94. The lowest BCUT2D eigenvalue weighted by atomic mass is 10.0.